The highest BCUT2D eigenvalue weighted by Gasteiger charge is 2.36. The molecule has 2 N–H and O–H groups in total. The van der Waals surface area contributed by atoms with Gasteiger partial charge in [-0.2, -0.15) is 18.3 Å². The van der Waals surface area contributed by atoms with Crippen molar-refractivity contribution in [2.75, 3.05) is 25.5 Å². The molecule has 2 heterocycles. The Hall–Kier alpha value is -3.85. The number of aromatic nitrogens is 2. The van der Waals surface area contributed by atoms with Gasteiger partial charge in [0.15, 0.2) is 0 Å². The number of likely N-dealkylation sites (tertiary alicyclic amines) is 1. The number of hydrogen-bond donors (Lipinski definition) is 2. The molecule has 6 nitrogen and oxygen atoms in total. The van der Waals surface area contributed by atoms with E-state index in [1.54, 1.807) is 24.4 Å². The van der Waals surface area contributed by atoms with Gasteiger partial charge in [0.25, 0.3) is 5.91 Å². The Labute approximate surface area is 206 Å². The molecule has 4 aromatic rings. The summed E-state index contributed by atoms with van der Waals surface area (Å²) >= 11 is 0. The van der Waals surface area contributed by atoms with Gasteiger partial charge in [0.2, 0.25) is 0 Å². The highest BCUT2D eigenvalue weighted by atomic mass is 19.4. The summed E-state index contributed by atoms with van der Waals surface area (Å²) in [7, 11) is 1.97. The fraction of sp³-hybridized carbons (Fsp3) is 0.259. The average molecular weight is 495 g/mol. The van der Waals surface area contributed by atoms with Gasteiger partial charge in [-0.25, -0.2) is 0 Å². The van der Waals surface area contributed by atoms with Crippen molar-refractivity contribution in [2.45, 2.75) is 25.1 Å². The molecule has 5 rings (SSSR count). The molecule has 36 heavy (non-hydrogen) atoms. The van der Waals surface area contributed by atoms with Gasteiger partial charge in [0.05, 0.1) is 17.3 Å². The lowest BCUT2D eigenvalue weighted by Gasteiger charge is -2.30. The van der Waals surface area contributed by atoms with Gasteiger partial charge in [-0.15, -0.1) is 0 Å². The molecule has 3 aromatic carbocycles. The summed E-state index contributed by atoms with van der Waals surface area (Å²) in [6.07, 6.45) is -1.90. The first-order valence-corrected chi connectivity index (χ1v) is 11.7. The molecular formula is C27H25F3N4O2. The van der Waals surface area contributed by atoms with E-state index in [2.05, 4.69) is 20.4 Å². The van der Waals surface area contributed by atoms with Gasteiger partial charge < -0.3 is 15.0 Å². The van der Waals surface area contributed by atoms with E-state index in [9.17, 15) is 18.0 Å². The van der Waals surface area contributed by atoms with Crippen LogP contribution in [0, 0.1) is 0 Å². The Balaban J connectivity index is 1.35. The van der Waals surface area contributed by atoms with Crippen LogP contribution in [0.5, 0.6) is 5.75 Å². The number of alkyl halides is 3. The highest BCUT2D eigenvalue weighted by molar-refractivity contribution is 6.04. The van der Waals surface area contributed by atoms with Gasteiger partial charge in [0.1, 0.15) is 11.9 Å². The molecular weight excluding hydrogens is 469 g/mol. The number of rotatable bonds is 5. The normalized spacial score (nSPS) is 15.2. The molecule has 0 spiro atoms. The highest BCUT2D eigenvalue weighted by Crippen LogP contribution is 2.38. The van der Waals surface area contributed by atoms with Crippen LogP contribution in [0.2, 0.25) is 0 Å². The van der Waals surface area contributed by atoms with Crippen LogP contribution in [0.3, 0.4) is 0 Å². The predicted octanol–water partition coefficient (Wildman–Crippen LogP) is 5.97. The minimum absolute atomic E-state index is 0.0951. The smallest absolute Gasteiger partial charge is 0.419 e. The number of carbonyl (C=O) groups excluding carboxylic acids is 1. The summed E-state index contributed by atoms with van der Waals surface area (Å²) in [5.74, 6) is -0.877. The van der Waals surface area contributed by atoms with Crippen molar-refractivity contribution in [3.05, 3.63) is 78.0 Å². The number of carbonyl (C=O) groups is 1. The van der Waals surface area contributed by atoms with E-state index < -0.39 is 17.6 Å². The molecule has 1 amide bonds. The number of nitrogens with zero attached hydrogens (tertiary/aromatic N) is 2. The van der Waals surface area contributed by atoms with E-state index in [0.29, 0.717) is 18.5 Å². The molecule has 186 valence electrons. The van der Waals surface area contributed by atoms with Gasteiger partial charge in [0, 0.05) is 29.7 Å². The number of nitrogens with one attached hydrogen (secondary N) is 2. The van der Waals surface area contributed by atoms with E-state index >= 15 is 0 Å². The molecule has 0 radical (unpaired) electrons. The van der Waals surface area contributed by atoms with Crippen LogP contribution < -0.4 is 10.1 Å². The fourth-order valence-electron chi connectivity index (χ4n) is 4.37. The first-order chi connectivity index (χ1) is 17.3. The number of ether oxygens (including phenoxy) is 1. The van der Waals surface area contributed by atoms with Crippen molar-refractivity contribution >= 4 is 22.5 Å². The molecule has 1 aliphatic rings. The number of fused-ring (bicyclic) bond motifs is 1. The lowest BCUT2D eigenvalue weighted by atomic mass is 10.0. The first-order valence-electron chi connectivity index (χ1n) is 11.7. The molecule has 0 saturated carbocycles. The zero-order chi connectivity index (χ0) is 25.3. The molecule has 0 bridgehead atoms. The van der Waals surface area contributed by atoms with Crippen molar-refractivity contribution < 1.29 is 22.7 Å². The Morgan fingerprint density at radius 1 is 1.06 bits per heavy atom. The number of aromatic amines is 1. The fourth-order valence-corrected chi connectivity index (χ4v) is 4.37. The van der Waals surface area contributed by atoms with Crippen LogP contribution >= 0.6 is 0 Å². The number of hydrogen-bond acceptors (Lipinski definition) is 4. The largest absolute Gasteiger partial charge is 0.490 e. The van der Waals surface area contributed by atoms with E-state index in [0.717, 1.165) is 41.2 Å². The number of halogens is 3. The van der Waals surface area contributed by atoms with Crippen LogP contribution in [-0.2, 0) is 6.18 Å². The van der Waals surface area contributed by atoms with Crippen LogP contribution in [0.1, 0.15) is 28.8 Å². The van der Waals surface area contributed by atoms with Gasteiger partial charge >= 0.3 is 6.18 Å². The molecule has 1 aliphatic heterocycles. The van der Waals surface area contributed by atoms with Crippen molar-refractivity contribution in [1.29, 1.82) is 0 Å². The second kappa shape index (κ2) is 9.66. The van der Waals surface area contributed by atoms with Crippen LogP contribution in [0.4, 0.5) is 18.9 Å². The van der Waals surface area contributed by atoms with E-state index in [1.807, 2.05) is 31.3 Å². The van der Waals surface area contributed by atoms with E-state index in [1.165, 1.54) is 12.1 Å². The third-order valence-electron chi connectivity index (χ3n) is 6.40. The summed E-state index contributed by atoms with van der Waals surface area (Å²) < 4.78 is 47.2. The summed E-state index contributed by atoms with van der Waals surface area (Å²) in [4.78, 5) is 15.0. The average Bonchev–Trinajstić information content (AvgIpc) is 3.33. The van der Waals surface area contributed by atoms with Crippen molar-refractivity contribution in [3.63, 3.8) is 0 Å². The first kappa shape index (κ1) is 23.9. The Kier molecular flexibility index (Phi) is 6.40. The number of benzene rings is 3. The van der Waals surface area contributed by atoms with Crippen molar-refractivity contribution in [2.24, 2.45) is 0 Å². The minimum Gasteiger partial charge on any atom is -0.490 e. The number of amides is 1. The molecule has 1 saturated heterocycles. The van der Waals surface area contributed by atoms with Crippen LogP contribution in [0.25, 0.3) is 22.0 Å². The number of anilines is 1. The maximum atomic E-state index is 13.8. The number of H-pyrrole nitrogens is 1. The summed E-state index contributed by atoms with van der Waals surface area (Å²) in [6.45, 7) is 1.53. The topological polar surface area (TPSA) is 70.2 Å². The minimum atomic E-state index is -4.65. The summed E-state index contributed by atoms with van der Waals surface area (Å²) in [5, 5.41) is 10.6. The standard InChI is InChI=1S/C27H25F3N4O2/c1-34-11-9-22(10-12-34)36-25-8-7-19(14-23(25)27(28,29)30)26(35)32-21-4-2-3-17(13-21)18-5-6-20-16-31-33-24(20)15-18/h2-8,13-16,22H,9-12H2,1H3,(H,31,33)(H,32,35). The lowest BCUT2D eigenvalue weighted by Crippen LogP contribution is -2.36. The van der Waals surface area contributed by atoms with Gasteiger partial charge in [-0.05, 0) is 67.4 Å². The molecule has 0 atom stereocenters. The zero-order valence-electron chi connectivity index (χ0n) is 19.6. The summed E-state index contributed by atoms with van der Waals surface area (Å²) in [5.41, 5.74) is 2.07. The van der Waals surface area contributed by atoms with Gasteiger partial charge in [-0.1, -0.05) is 24.3 Å². The lowest BCUT2D eigenvalue weighted by molar-refractivity contribution is -0.139. The molecule has 0 unspecified atom stereocenters. The molecule has 1 fully saturated rings. The van der Waals surface area contributed by atoms with Crippen molar-refractivity contribution in [1.82, 2.24) is 15.1 Å². The van der Waals surface area contributed by atoms with Crippen LogP contribution in [0.15, 0.2) is 66.9 Å². The van der Waals surface area contributed by atoms with E-state index in [-0.39, 0.29) is 17.4 Å². The van der Waals surface area contributed by atoms with Crippen LogP contribution in [-0.4, -0.2) is 47.2 Å². The monoisotopic (exact) mass is 494 g/mol. The third kappa shape index (κ3) is 5.21. The Morgan fingerprint density at radius 3 is 2.61 bits per heavy atom. The van der Waals surface area contributed by atoms with Crippen molar-refractivity contribution in [3.8, 4) is 16.9 Å². The quantitative estimate of drug-likeness (QED) is 0.359. The van der Waals surface area contributed by atoms with Gasteiger partial charge in [-0.3, -0.25) is 9.89 Å². The number of piperidine rings is 1. The summed E-state index contributed by atoms with van der Waals surface area (Å²) in [6, 6.07) is 16.4. The molecule has 0 aliphatic carbocycles. The second-order valence-electron chi connectivity index (χ2n) is 9.04. The van der Waals surface area contributed by atoms with E-state index in [4.69, 9.17) is 4.74 Å². The zero-order valence-corrected chi connectivity index (χ0v) is 19.6. The maximum Gasteiger partial charge on any atom is 0.419 e. The molecule has 1 aromatic heterocycles. The molecule has 9 heteroatoms. The Morgan fingerprint density at radius 2 is 1.83 bits per heavy atom. The SMILES string of the molecule is CN1CCC(Oc2ccc(C(=O)Nc3cccc(-c4ccc5cn[nH]c5c4)c3)cc2C(F)(F)F)CC1. The second-order valence-corrected chi connectivity index (χ2v) is 9.04. The Bertz CT molecular complexity index is 1390. The maximum absolute atomic E-state index is 13.8. The third-order valence-corrected chi connectivity index (χ3v) is 6.40. The predicted molar refractivity (Wildman–Crippen MR) is 132 cm³/mol.